The van der Waals surface area contributed by atoms with Gasteiger partial charge in [-0.3, -0.25) is 4.79 Å². The van der Waals surface area contributed by atoms with E-state index in [9.17, 15) is 4.79 Å². The molecule has 0 unspecified atom stereocenters. The highest BCUT2D eigenvalue weighted by molar-refractivity contribution is 5.89. The van der Waals surface area contributed by atoms with Gasteiger partial charge in [-0.1, -0.05) is 19.4 Å². The third kappa shape index (κ3) is 3.95. The Hall–Kier alpha value is -0.590. The number of hydrogen-bond acceptors (Lipinski definition) is 1. The van der Waals surface area contributed by atoms with Crippen LogP contribution in [-0.2, 0) is 4.79 Å². The third-order valence-electron chi connectivity index (χ3n) is 1.31. The zero-order valence-corrected chi connectivity index (χ0v) is 6.40. The van der Waals surface area contributed by atoms with E-state index in [1.54, 1.807) is 6.08 Å². The maximum atomic E-state index is 10.7. The summed E-state index contributed by atoms with van der Waals surface area (Å²) in [5, 5.41) is 0. The number of rotatable bonds is 3. The lowest BCUT2D eigenvalue weighted by Crippen LogP contribution is -1.89. The summed E-state index contributed by atoms with van der Waals surface area (Å²) in [6.07, 6.45) is 3.32. The molecule has 0 aliphatic heterocycles. The van der Waals surface area contributed by atoms with Gasteiger partial charge < -0.3 is 0 Å². The van der Waals surface area contributed by atoms with E-state index in [-0.39, 0.29) is 5.78 Å². The Morgan fingerprint density at radius 1 is 1.33 bits per heavy atom. The van der Waals surface area contributed by atoms with Crippen LogP contribution < -0.4 is 0 Å². The van der Waals surface area contributed by atoms with Crippen LogP contribution >= 0.6 is 0 Å². The zero-order chi connectivity index (χ0) is 7.28. The lowest BCUT2D eigenvalue weighted by Gasteiger charge is -1.91. The first-order valence-corrected chi connectivity index (χ1v) is 3.40. The number of allylic oxidation sites excluding steroid dienone is 2. The minimum atomic E-state index is 0.231. The summed E-state index contributed by atoms with van der Waals surface area (Å²) < 4.78 is 0. The maximum Gasteiger partial charge on any atom is 0.155 e. The Labute approximate surface area is 56.8 Å². The number of ketones is 1. The molecule has 0 heterocycles. The molecule has 1 nitrogen and oxygen atoms in total. The fraction of sp³-hybridized carbons (Fsp3) is 0.625. The highest BCUT2D eigenvalue weighted by Crippen LogP contribution is 1.98. The fourth-order valence-corrected chi connectivity index (χ4v) is 0.479. The summed E-state index contributed by atoms with van der Waals surface area (Å²) >= 11 is 0. The van der Waals surface area contributed by atoms with E-state index in [4.69, 9.17) is 0 Å². The third-order valence-corrected chi connectivity index (χ3v) is 1.31. The zero-order valence-electron chi connectivity index (χ0n) is 6.40. The lowest BCUT2D eigenvalue weighted by molar-refractivity contribution is -0.114. The second-order valence-corrected chi connectivity index (χ2v) is 2.16. The first-order valence-electron chi connectivity index (χ1n) is 3.40. The van der Waals surface area contributed by atoms with Gasteiger partial charge in [0.15, 0.2) is 5.78 Å². The van der Waals surface area contributed by atoms with Crippen LogP contribution in [0, 0.1) is 0 Å². The van der Waals surface area contributed by atoms with Gasteiger partial charge in [-0.2, -0.15) is 0 Å². The Kier molecular flexibility index (Phi) is 4.02. The second kappa shape index (κ2) is 4.30. The Morgan fingerprint density at radius 3 is 2.22 bits per heavy atom. The van der Waals surface area contributed by atoms with Crippen molar-refractivity contribution < 1.29 is 4.79 Å². The molecule has 0 saturated heterocycles. The molecule has 0 aromatic carbocycles. The summed E-state index contributed by atoms with van der Waals surface area (Å²) in [7, 11) is 0. The molecular formula is C8H14O. The van der Waals surface area contributed by atoms with Gasteiger partial charge in [0, 0.05) is 6.42 Å². The van der Waals surface area contributed by atoms with Gasteiger partial charge in [0.05, 0.1) is 0 Å². The van der Waals surface area contributed by atoms with Gasteiger partial charge in [-0.05, 0) is 19.4 Å². The SMILES string of the molecule is CCC(=O)/C=C(\C)CC. The van der Waals surface area contributed by atoms with Crippen LogP contribution in [0.15, 0.2) is 11.6 Å². The van der Waals surface area contributed by atoms with Crippen LogP contribution in [0.3, 0.4) is 0 Å². The molecule has 0 amide bonds. The van der Waals surface area contributed by atoms with E-state index in [2.05, 4.69) is 6.92 Å². The van der Waals surface area contributed by atoms with Gasteiger partial charge in [0.25, 0.3) is 0 Å². The monoisotopic (exact) mass is 126 g/mol. The summed E-state index contributed by atoms with van der Waals surface area (Å²) in [5.74, 6) is 0.231. The molecule has 0 rings (SSSR count). The van der Waals surface area contributed by atoms with Crippen LogP contribution in [0.5, 0.6) is 0 Å². The summed E-state index contributed by atoms with van der Waals surface area (Å²) in [5.41, 5.74) is 1.17. The van der Waals surface area contributed by atoms with E-state index >= 15 is 0 Å². The Bertz CT molecular complexity index is 123. The van der Waals surface area contributed by atoms with Gasteiger partial charge in [0.1, 0.15) is 0 Å². The molecular weight excluding hydrogens is 112 g/mol. The molecule has 0 aromatic rings. The average molecular weight is 126 g/mol. The lowest BCUT2D eigenvalue weighted by atomic mass is 10.2. The topological polar surface area (TPSA) is 17.1 Å². The number of carbonyl (C=O) groups is 1. The molecule has 52 valence electrons. The largest absolute Gasteiger partial charge is 0.295 e. The highest BCUT2D eigenvalue weighted by Gasteiger charge is 1.91. The maximum absolute atomic E-state index is 10.7. The second-order valence-electron chi connectivity index (χ2n) is 2.16. The highest BCUT2D eigenvalue weighted by atomic mass is 16.1. The Balaban J connectivity index is 3.79. The van der Waals surface area contributed by atoms with Crippen molar-refractivity contribution >= 4 is 5.78 Å². The minimum Gasteiger partial charge on any atom is -0.295 e. The smallest absolute Gasteiger partial charge is 0.155 e. The summed E-state index contributed by atoms with van der Waals surface area (Å²) in [6.45, 7) is 5.91. The fourth-order valence-electron chi connectivity index (χ4n) is 0.479. The van der Waals surface area contributed by atoms with Crippen molar-refractivity contribution in [2.75, 3.05) is 0 Å². The van der Waals surface area contributed by atoms with E-state index < -0.39 is 0 Å². The Morgan fingerprint density at radius 2 is 1.89 bits per heavy atom. The first kappa shape index (κ1) is 8.41. The molecule has 0 fully saturated rings. The normalized spacial score (nSPS) is 11.7. The molecule has 0 bridgehead atoms. The summed E-state index contributed by atoms with van der Waals surface area (Å²) in [6, 6.07) is 0. The quantitative estimate of drug-likeness (QED) is 0.530. The minimum absolute atomic E-state index is 0.231. The molecule has 0 radical (unpaired) electrons. The molecule has 0 aliphatic carbocycles. The first-order chi connectivity index (χ1) is 4.20. The van der Waals surface area contributed by atoms with E-state index in [1.165, 1.54) is 5.57 Å². The van der Waals surface area contributed by atoms with Gasteiger partial charge in [-0.15, -0.1) is 0 Å². The van der Waals surface area contributed by atoms with Gasteiger partial charge in [-0.25, -0.2) is 0 Å². The van der Waals surface area contributed by atoms with Crippen molar-refractivity contribution in [3.05, 3.63) is 11.6 Å². The molecule has 9 heavy (non-hydrogen) atoms. The van der Waals surface area contributed by atoms with Crippen LogP contribution in [-0.4, -0.2) is 5.78 Å². The van der Waals surface area contributed by atoms with Crippen molar-refractivity contribution in [2.24, 2.45) is 0 Å². The number of hydrogen-bond donors (Lipinski definition) is 0. The molecule has 0 atom stereocenters. The van der Waals surface area contributed by atoms with Crippen LogP contribution in [0.4, 0.5) is 0 Å². The van der Waals surface area contributed by atoms with Gasteiger partial charge >= 0.3 is 0 Å². The van der Waals surface area contributed by atoms with Crippen molar-refractivity contribution in [1.29, 1.82) is 0 Å². The summed E-state index contributed by atoms with van der Waals surface area (Å²) in [4.78, 5) is 10.7. The van der Waals surface area contributed by atoms with E-state index in [0.29, 0.717) is 6.42 Å². The molecule has 0 saturated carbocycles. The van der Waals surface area contributed by atoms with Gasteiger partial charge in [0.2, 0.25) is 0 Å². The average Bonchev–Trinajstić information content (AvgIpc) is 1.87. The van der Waals surface area contributed by atoms with Crippen LogP contribution in [0.2, 0.25) is 0 Å². The molecule has 0 N–H and O–H groups in total. The predicted octanol–water partition coefficient (Wildman–Crippen LogP) is 2.32. The molecule has 1 heteroatoms. The van der Waals surface area contributed by atoms with E-state index in [1.807, 2.05) is 13.8 Å². The van der Waals surface area contributed by atoms with Crippen LogP contribution in [0.25, 0.3) is 0 Å². The molecule has 0 spiro atoms. The molecule has 0 aliphatic rings. The van der Waals surface area contributed by atoms with Crippen molar-refractivity contribution in [3.8, 4) is 0 Å². The van der Waals surface area contributed by atoms with E-state index in [0.717, 1.165) is 6.42 Å². The molecule has 0 aromatic heterocycles. The number of carbonyl (C=O) groups excluding carboxylic acids is 1. The predicted molar refractivity (Wildman–Crippen MR) is 39.3 cm³/mol. The van der Waals surface area contributed by atoms with Crippen LogP contribution in [0.1, 0.15) is 33.6 Å². The van der Waals surface area contributed by atoms with Crippen molar-refractivity contribution in [3.63, 3.8) is 0 Å². The van der Waals surface area contributed by atoms with Crippen molar-refractivity contribution in [2.45, 2.75) is 33.6 Å². The standard InChI is InChI=1S/C8H14O/c1-4-7(3)6-8(9)5-2/h6H,4-5H2,1-3H3/b7-6+. The van der Waals surface area contributed by atoms with Crippen molar-refractivity contribution in [1.82, 2.24) is 0 Å².